The Morgan fingerprint density at radius 2 is 2.12 bits per heavy atom. The van der Waals surface area contributed by atoms with Crippen molar-refractivity contribution in [2.45, 2.75) is 46.1 Å². The van der Waals surface area contributed by atoms with Crippen molar-refractivity contribution in [3.63, 3.8) is 0 Å². The smallest absolute Gasteiger partial charge is 0.237 e. The number of carbonyl (C=O) groups is 1. The van der Waals surface area contributed by atoms with Gasteiger partial charge in [-0.1, -0.05) is 20.3 Å². The Kier molecular flexibility index (Phi) is 8.43. The van der Waals surface area contributed by atoms with Crippen LogP contribution in [0.5, 0.6) is 0 Å². The minimum Gasteiger partial charge on any atom is -0.354 e. The molecule has 0 fully saturated rings. The van der Waals surface area contributed by atoms with E-state index in [1.54, 1.807) is 0 Å². The maximum absolute atomic E-state index is 11.6. The fourth-order valence-electron chi connectivity index (χ4n) is 1.55. The zero-order valence-electron chi connectivity index (χ0n) is 11.5. The largest absolute Gasteiger partial charge is 0.354 e. The zero-order valence-corrected chi connectivity index (χ0v) is 11.5. The van der Waals surface area contributed by atoms with Crippen molar-refractivity contribution in [3.8, 4) is 6.07 Å². The van der Waals surface area contributed by atoms with Gasteiger partial charge in [-0.25, -0.2) is 0 Å². The number of nitrogens with one attached hydrogen (secondary N) is 1. The van der Waals surface area contributed by atoms with E-state index in [2.05, 4.69) is 24.1 Å². The molecule has 0 radical (unpaired) electrons. The van der Waals surface area contributed by atoms with E-state index in [4.69, 9.17) is 5.26 Å². The third-order valence-electron chi connectivity index (χ3n) is 3.16. The molecule has 4 heteroatoms. The van der Waals surface area contributed by atoms with E-state index in [-0.39, 0.29) is 5.91 Å². The average molecular weight is 239 g/mol. The van der Waals surface area contributed by atoms with Crippen molar-refractivity contribution in [1.82, 2.24) is 10.2 Å². The minimum atomic E-state index is -0.492. The Bertz CT molecular complexity index is 260. The highest BCUT2D eigenvalue weighted by molar-refractivity contribution is 5.80. The van der Waals surface area contributed by atoms with Crippen LogP contribution in [0.4, 0.5) is 0 Å². The van der Waals surface area contributed by atoms with E-state index in [1.165, 1.54) is 0 Å². The molecule has 1 amide bonds. The molecule has 0 aliphatic heterocycles. The Labute approximate surface area is 105 Å². The second kappa shape index (κ2) is 9.00. The lowest BCUT2D eigenvalue weighted by Gasteiger charge is -2.23. The fraction of sp³-hybridized carbons (Fsp3) is 0.846. The molecule has 4 nitrogen and oxygen atoms in total. The van der Waals surface area contributed by atoms with Gasteiger partial charge in [0.15, 0.2) is 0 Å². The second-order valence-electron chi connectivity index (χ2n) is 4.50. The first-order chi connectivity index (χ1) is 8.06. The topological polar surface area (TPSA) is 56.1 Å². The van der Waals surface area contributed by atoms with Gasteiger partial charge in [-0.2, -0.15) is 5.26 Å². The maximum atomic E-state index is 11.6. The van der Waals surface area contributed by atoms with Crippen LogP contribution in [0, 0.1) is 17.2 Å². The van der Waals surface area contributed by atoms with Gasteiger partial charge in [0, 0.05) is 19.1 Å². The summed E-state index contributed by atoms with van der Waals surface area (Å²) in [5, 5.41) is 11.7. The Morgan fingerprint density at radius 3 is 2.59 bits per heavy atom. The lowest BCUT2D eigenvalue weighted by molar-refractivity contribution is -0.123. The number of carbonyl (C=O) groups excluding carboxylic acids is 1. The van der Waals surface area contributed by atoms with Gasteiger partial charge in [0.05, 0.1) is 6.07 Å². The first kappa shape index (κ1) is 15.9. The first-order valence-electron chi connectivity index (χ1n) is 6.44. The molecule has 0 saturated heterocycles. The molecule has 2 unspecified atom stereocenters. The lowest BCUT2D eigenvalue weighted by atomic mass is 10.1. The molecule has 0 heterocycles. The molecule has 0 aromatic rings. The zero-order chi connectivity index (χ0) is 13.3. The van der Waals surface area contributed by atoms with Crippen LogP contribution < -0.4 is 5.32 Å². The average Bonchev–Trinajstić information content (AvgIpc) is 2.34. The van der Waals surface area contributed by atoms with Crippen LogP contribution in [0.25, 0.3) is 0 Å². The highest BCUT2D eigenvalue weighted by atomic mass is 16.1. The fourth-order valence-corrected chi connectivity index (χ4v) is 1.55. The predicted molar refractivity (Wildman–Crippen MR) is 69.4 cm³/mol. The Balaban J connectivity index is 3.88. The third-order valence-corrected chi connectivity index (χ3v) is 3.16. The SMILES string of the molecule is CCCC(C#N)C(=O)NCCN(C)C(C)CC. The molecular weight excluding hydrogens is 214 g/mol. The molecule has 0 aliphatic rings. The van der Waals surface area contributed by atoms with E-state index >= 15 is 0 Å². The summed E-state index contributed by atoms with van der Waals surface area (Å²) in [6.45, 7) is 7.73. The highest BCUT2D eigenvalue weighted by Crippen LogP contribution is 2.04. The molecule has 98 valence electrons. The van der Waals surface area contributed by atoms with Gasteiger partial charge in [0.1, 0.15) is 5.92 Å². The number of hydrogen-bond acceptors (Lipinski definition) is 3. The summed E-state index contributed by atoms with van der Waals surface area (Å²) in [6, 6.07) is 2.57. The molecule has 0 aromatic carbocycles. The standard InChI is InChI=1S/C13H25N3O/c1-5-7-12(10-14)13(17)15-8-9-16(4)11(3)6-2/h11-12H,5-9H2,1-4H3,(H,15,17). The quantitative estimate of drug-likeness (QED) is 0.702. The van der Waals surface area contributed by atoms with Crippen LogP contribution in [0.1, 0.15) is 40.0 Å². The summed E-state index contributed by atoms with van der Waals surface area (Å²) in [6.07, 6.45) is 2.60. The Morgan fingerprint density at radius 1 is 1.47 bits per heavy atom. The summed E-state index contributed by atoms with van der Waals surface area (Å²) >= 11 is 0. The molecule has 1 N–H and O–H groups in total. The second-order valence-corrected chi connectivity index (χ2v) is 4.50. The minimum absolute atomic E-state index is 0.132. The first-order valence-corrected chi connectivity index (χ1v) is 6.44. The molecule has 0 bridgehead atoms. The van der Waals surface area contributed by atoms with Crippen molar-refractivity contribution in [2.75, 3.05) is 20.1 Å². The summed E-state index contributed by atoms with van der Waals surface area (Å²) in [4.78, 5) is 13.8. The van der Waals surface area contributed by atoms with Crippen LogP contribution in [-0.2, 0) is 4.79 Å². The van der Waals surface area contributed by atoms with E-state index in [0.717, 1.165) is 19.4 Å². The summed E-state index contributed by atoms with van der Waals surface area (Å²) < 4.78 is 0. The maximum Gasteiger partial charge on any atom is 0.237 e. The van der Waals surface area contributed by atoms with Crippen molar-refractivity contribution in [1.29, 1.82) is 5.26 Å². The predicted octanol–water partition coefficient (Wildman–Crippen LogP) is 1.77. The number of nitrogens with zero attached hydrogens (tertiary/aromatic N) is 2. The summed E-state index contributed by atoms with van der Waals surface area (Å²) in [7, 11) is 2.05. The van der Waals surface area contributed by atoms with Gasteiger partial charge < -0.3 is 10.2 Å². The number of rotatable bonds is 8. The van der Waals surface area contributed by atoms with Crippen molar-refractivity contribution >= 4 is 5.91 Å². The van der Waals surface area contributed by atoms with Crippen LogP contribution in [-0.4, -0.2) is 37.0 Å². The molecule has 0 rings (SSSR count). The van der Waals surface area contributed by atoms with Crippen LogP contribution in [0.3, 0.4) is 0 Å². The normalized spacial score (nSPS) is 14.1. The molecular formula is C13H25N3O. The van der Waals surface area contributed by atoms with E-state index in [9.17, 15) is 4.79 Å². The lowest BCUT2D eigenvalue weighted by Crippen LogP contribution is -2.38. The van der Waals surface area contributed by atoms with E-state index in [0.29, 0.717) is 19.0 Å². The Hall–Kier alpha value is -1.08. The van der Waals surface area contributed by atoms with Gasteiger partial charge >= 0.3 is 0 Å². The van der Waals surface area contributed by atoms with E-state index in [1.807, 2.05) is 20.0 Å². The molecule has 0 aliphatic carbocycles. The number of likely N-dealkylation sites (N-methyl/N-ethyl adjacent to an activating group) is 1. The molecule has 0 spiro atoms. The molecule has 2 atom stereocenters. The van der Waals surface area contributed by atoms with Crippen LogP contribution in [0.2, 0.25) is 0 Å². The van der Waals surface area contributed by atoms with Crippen molar-refractivity contribution in [3.05, 3.63) is 0 Å². The number of amides is 1. The van der Waals surface area contributed by atoms with Crippen molar-refractivity contribution in [2.24, 2.45) is 5.92 Å². The van der Waals surface area contributed by atoms with Gasteiger partial charge in [-0.05, 0) is 26.8 Å². The van der Waals surface area contributed by atoms with Crippen LogP contribution in [0.15, 0.2) is 0 Å². The van der Waals surface area contributed by atoms with Crippen molar-refractivity contribution < 1.29 is 4.79 Å². The number of nitriles is 1. The number of hydrogen-bond donors (Lipinski definition) is 1. The molecule has 0 saturated carbocycles. The molecule has 17 heavy (non-hydrogen) atoms. The molecule has 0 aromatic heterocycles. The third kappa shape index (κ3) is 6.28. The van der Waals surface area contributed by atoms with Crippen LogP contribution >= 0.6 is 0 Å². The van der Waals surface area contributed by atoms with Gasteiger partial charge in [-0.15, -0.1) is 0 Å². The van der Waals surface area contributed by atoms with Gasteiger partial charge in [0.2, 0.25) is 5.91 Å². The highest BCUT2D eigenvalue weighted by Gasteiger charge is 2.16. The van der Waals surface area contributed by atoms with E-state index < -0.39 is 5.92 Å². The summed E-state index contributed by atoms with van der Waals surface area (Å²) in [5.41, 5.74) is 0. The monoisotopic (exact) mass is 239 g/mol. The van der Waals surface area contributed by atoms with Gasteiger partial charge in [-0.3, -0.25) is 4.79 Å². The summed E-state index contributed by atoms with van der Waals surface area (Å²) in [5.74, 6) is -0.624. The van der Waals surface area contributed by atoms with Gasteiger partial charge in [0.25, 0.3) is 0 Å².